The molecule has 2 aromatic rings. The van der Waals surface area contributed by atoms with Gasteiger partial charge in [-0.2, -0.15) is 0 Å². The van der Waals surface area contributed by atoms with E-state index >= 15 is 0 Å². The van der Waals surface area contributed by atoms with Gasteiger partial charge in [-0.15, -0.1) is 0 Å². The molecule has 0 atom stereocenters. The average Bonchev–Trinajstić information content (AvgIpc) is 2.42. The lowest BCUT2D eigenvalue weighted by Crippen LogP contribution is -2.05. The van der Waals surface area contributed by atoms with Crippen LogP contribution < -0.4 is 10.1 Å². The van der Waals surface area contributed by atoms with Crippen molar-refractivity contribution in [1.29, 1.82) is 0 Å². The first-order valence-electron chi connectivity index (χ1n) is 7.57. The predicted octanol–water partition coefficient (Wildman–Crippen LogP) is 4.95. The molecule has 0 aliphatic rings. The van der Waals surface area contributed by atoms with Crippen LogP contribution in [0.2, 0.25) is 0 Å². The van der Waals surface area contributed by atoms with Gasteiger partial charge in [0.1, 0.15) is 5.75 Å². The van der Waals surface area contributed by atoms with E-state index in [2.05, 4.69) is 63.3 Å². The summed E-state index contributed by atoms with van der Waals surface area (Å²) in [6, 6.07) is 14.8. The first kappa shape index (κ1) is 15.4. The van der Waals surface area contributed by atoms with Crippen LogP contribution in [0.1, 0.15) is 30.5 Å². The maximum absolute atomic E-state index is 5.77. The minimum absolute atomic E-state index is 0.544. The fraction of sp³-hybridized carbons (Fsp3) is 0.368. The second-order valence-electron chi connectivity index (χ2n) is 6.08. The van der Waals surface area contributed by atoms with Gasteiger partial charge in [0.15, 0.2) is 0 Å². The molecule has 0 radical (unpaired) electrons. The third-order valence-electron chi connectivity index (χ3n) is 3.20. The van der Waals surface area contributed by atoms with Gasteiger partial charge in [-0.05, 0) is 60.7 Å². The first-order valence-corrected chi connectivity index (χ1v) is 7.57. The van der Waals surface area contributed by atoms with Crippen LogP contribution in [0.25, 0.3) is 0 Å². The number of hydrogen-bond acceptors (Lipinski definition) is 2. The van der Waals surface area contributed by atoms with Crippen molar-refractivity contribution < 1.29 is 4.74 Å². The summed E-state index contributed by atoms with van der Waals surface area (Å²) in [6.45, 7) is 10.1. The summed E-state index contributed by atoms with van der Waals surface area (Å²) in [7, 11) is 0. The number of anilines is 1. The molecular formula is C19H25NO. The molecule has 2 rings (SSSR count). The number of rotatable bonds is 6. The van der Waals surface area contributed by atoms with Crippen LogP contribution in [-0.2, 0) is 6.54 Å². The molecular weight excluding hydrogens is 258 g/mol. The lowest BCUT2D eigenvalue weighted by Gasteiger charge is -2.12. The minimum Gasteiger partial charge on any atom is -0.493 e. The van der Waals surface area contributed by atoms with Gasteiger partial charge < -0.3 is 10.1 Å². The zero-order valence-corrected chi connectivity index (χ0v) is 13.4. The Balaban J connectivity index is 1.98. The van der Waals surface area contributed by atoms with Crippen molar-refractivity contribution in [2.75, 3.05) is 11.9 Å². The summed E-state index contributed by atoms with van der Waals surface area (Å²) >= 11 is 0. The Morgan fingerprint density at radius 1 is 1.00 bits per heavy atom. The lowest BCUT2D eigenvalue weighted by atomic mass is 10.1. The van der Waals surface area contributed by atoms with Gasteiger partial charge in [-0.25, -0.2) is 0 Å². The molecule has 2 aromatic carbocycles. The second-order valence-corrected chi connectivity index (χ2v) is 6.08. The first-order chi connectivity index (χ1) is 10.0. The molecule has 0 fully saturated rings. The van der Waals surface area contributed by atoms with Crippen molar-refractivity contribution in [1.82, 2.24) is 0 Å². The van der Waals surface area contributed by atoms with Crippen LogP contribution in [0.5, 0.6) is 5.75 Å². The fourth-order valence-electron chi connectivity index (χ4n) is 2.29. The van der Waals surface area contributed by atoms with E-state index in [9.17, 15) is 0 Å². The van der Waals surface area contributed by atoms with Crippen LogP contribution in [0.15, 0.2) is 42.5 Å². The van der Waals surface area contributed by atoms with Crippen LogP contribution in [-0.4, -0.2) is 6.61 Å². The number of aryl methyl sites for hydroxylation is 2. The molecule has 2 nitrogen and oxygen atoms in total. The molecule has 0 amide bonds. The van der Waals surface area contributed by atoms with E-state index in [0.717, 1.165) is 18.9 Å². The van der Waals surface area contributed by atoms with Crippen LogP contribution in [0, 0.1) is 19.8 Å². The molecule has 0 bridgehead atoms. The molecule has 0 heterocycles. The van der Waals surface area contributed by atoms with Gasteiger partial charge >= 0.3 is 0 Å². The number of hydrogen-bond donors (Lipinski definition) is 1. The molecule has 0 aliphatic heterocycles. The Bertz CT molecular complexity index is 570. The van der Waals surface area contributed by atoms with E-state index in [-0.39, 0.29) is 0 Å². The summed E-state index contributed by atoms with van der Waals surface area (Å²) in [5, 5.41) is 3.48. The summed E-state index contributed by atoms with van der Waals surface area (Å²) < 4.78 is 5.77. The van der Waals surface area contributed by atoms with Crippen LogP contribution >= 0.6 is 0 Å². The van der Waals surface area contributed by atoms with Gasteiger partial charge in [0.05, 0.1) is 6.61 Å². The molecule has 0 aromatic heterocycles. The highest BCUT2D eigenvalue weighted by Gasteiger charge is 2.00. The Hall–Kier alpha value is -1.96. The predicted molar refractivity (Wildman–Crippen MR) is 90.0 cm³/mol. The highest BCUT2D eigenvalue weighted by molar-refractivity contribution is 5.49. The summed E-state index contributed by atoms with van der Waals surface area (Å²) in [5.41, 5.74) is 4.97. The zero-order chi connectivity index (χ0) is 15.2. The van der Waals surface area contributed by atoms with E-state index in [1.165, 1.54) is 22.4 Å². The van der Waals surface area contributed by atoms with E-state index < -0.39 is 0 Å². The lowest BCUT2D eigenvalue weighted by molar-refractivity contribution is 0.271. The Morgan fingerprint density at radius 2 is 1.71 bits per heavy atom. The summed E-state index contributed by atoms with van der Waals surface area (Å²) in [5.74, 6) is 1.49. The average molecular weight is 283 g/mol. The van der Waals surface area contributed by atoms with Gasteiger partial charge in [0.2, 0.25) is 0 Å². The van der Waals surface area contributed by atoms with Crippen molar-refractivity contribution in [2.24, 2.45) is 5.92 Å². The van der Waals surface area contributed by atoms with Crippen molar-refractivity contribution in [3.63, 3.8) is 0 Å². The Kier molecular flexibility index (Phi) is 5.26. The normalized spacial score (nSPS) is 10.7. The molecule has 0 saturated heterocycles. The SMILES string of the molecule is Cc1cc(C)cc(NCc2cccc(OCC(C)C)c2)c1. The smallest absolute Gasteiger partial charge is 0.119 e. The van der Waals surface area contributed by atoms with Crippen molar-refractivity contribution in [3.8, 4) is 5.75 Å². The molecule has 0 unspecified atom stereocenters. The fourth-order valence-corrected chi connectivity index (χ4v) is 2.29. The molecule has 0 aliphatic carbocycles. The largest absolute Gasteiger partial charge is 0.493 e. The van der Waals surface area contributed by atoms with Gasteiger partial charge in [-0.3, -0.25) is 0 Å². The van der Waals surface area contributed by atoms with Gasteiger partial charge in [0.25, 0.3) is 0 Å². The molecule has 21 heavy (non-hydrogen) atoms. The summed E-state index contributed by atoms with van der Waals surface area (Å²) in [6.07, 6.45) is 0. The summed E-state index contributed by atoms with van der Waals surface area (Å²) in [4.78, 5) is 0. The van der Waals surface area contributed by atoms with Crippen molar-refractivity contribution >= 4 is 5.69 Å². The zero-order valence-electron chi connectivity index (χ0n) is 13.4. The standard InChI is InChI=1S/C19H25NO/c1-14(2)13-21-19-7-5-6-17(11-19)12-20-18-9-15(3)8-16(4)10-18/h5-11,14,20H,12-13H2,1-4H3. The topological polar surface area (TPSA) is 21.3 Å². The van der Waals surface area contributed by atoms with Crippen molar-refractivity contribution in [3.05, 3.63) is 59.2 Å². The van der Waals surface area contributed by atoms with Gasteiger partial charge in [-0.1, -0.05) is 32.0 Å². The van der Waals surface area contributed by atoms with E-state index in [1.54, 1.807) is 0 Å². The van der Waals surface area contributed by atoms with E-state index in [1.807, 2.05) is 12.1 Å². The number of nitrogens with one attached hydrogen (secondary N) is 1. The number of benzene rings is 2. The van der Waals surface area contributed by atoms with Gasteiger partial charge in [0, 0.05) is 12.2 Å². The molecule has 1 N–H and O–H groups in total. The Morgan fingerprint density at radius 3 is 2.38 bits per heavy atom. The molecule has 0 spiro atoms. The third-order valence-corrected chi connectivity index (χ3v) is 3.20. The highest BCUT2D eigenvalue weighted by atomic mass is 16.5. The second kappa shape index (κ2) is 7.16. The maximum Gasteiger partial charge on any atom is 0.119 e. The number of ether oxygens (including phenoxy) is 1. The monoisotopic (exact) mass is 283 g/mol. The Labute approximate surface area is 128 Å². The molecule has 0 saturated carbocycles. The van der Waals surface area contributed by atoms with E-state index in [4.69, 9.17) is 4.74 Å². The minimum atomic E-state index is 0.544. The molecule has 2 heteroatoms. The van der Waals surface area contributed by atoms with Crippen LogP contribution in [0.3, 0.4) is 0 Å². The quantitative estimate of drug-likeness (QED) is 0.810. The maximum atomic E-state index is 5.77. The molecule has 112 valence electrons. The highest BCUT2D eigenvalue weighted by Crippen LogP contribution is 2.18. The third kappa shape index (κ3) is 5.14. The van der Waals surface area contributed by atoms with Crippen molar-refractivity contribution in [2.45, 2.75) is 34.2 Å². The van der Waals surface area contributed by atoms with Crippen LogP contribution in [0.4, 0.5) is 5.69 Å². The van der Waals surface area contributed by atoms with E-state index in [0.29, 0.717) is 5.92 Å².